The lowest BCUT2D eigenvalue weighted by Crippen LogP contribution is -2.37. The minimum Gasteiger partial charge on any atom is -0.454 e. The SMILES string of the molecule is CN=C(NCCc1ccccc1)NCc1cc(Br)c2c(c1)OCO2.I. The van der Waals surface area contributed by atoms with Crippen LogP contribution in [-0.2, 0) is 13.0 Å². The number of hydrogen-bond acceptors (Lipinski definition) is 3. The number of halogens is 2. The van der Waals surface area contributed by atoms with Crippen LogP contribution in [0.2, 0.25) is 0 Å². The summed E-state index contributed by atoms with van der Waals surface area (Å²) in [6, 6.07) is 14.4. The van der Waals surface area contributed by atoms with Crippen LogP contribution >= 0.6 is 39.9 Å². The van der Waals surface area contributed by atoms with Crippen LogP contribution in [0.25, 0.3) is 0 Å². The van der Waals surface area contributed by atoms with Gasteiger partial charge in [0.2, 0.25) is 6.79 Å². The van der Waals surface area contributed by atoms with E-state index in [1.165, 1.54) is 5.56 Å². The molecule has 134 valence electrons. The second-order valence-electron chi connectivity index (χ2n) is 5.40. The summed E-state index contributed by atoms with van der Waals surface area (Å²) in [5.41, 5.74) is 2.40. The lowest BCUT2D eigenvalue weighted by atomic mass is 10.1. The van der Waals surface area contributed by atoms with E-state index in [0.29, 0.717) is 6.54 Å². The fourth-order valence-corrected chi connectivity index (χ4v) is 3.10. The van der Waals surface area contributed by atoms with Crippen LogP contribution in [0.3, 0.4) is 0 Å². The van der Waals surface area contributed by atoms with Crippen LogP contribution in [0, 0.1) is 0 Å². The van der Waals surface area contributed by atoms with E-state index in [2.05, 4.69) is 55.8 Å². The molecule has 0 aromatic heterocycles. The van der Waals surface area contributed by atoms with Gasteiger partial charge in [-0.2, -0.15) is 0 Å². The standard InChI is InChI=1S/C18H20BrN3O2.HI/c1-20-18(21-8-7-13-5-3-2-4-6-13)22-11-14-9-15(19)17-16(10-14)23-12-24-17;/h2-6,9-10H,7-8,11-12H2,1H3,(H2,20,21,22);1H. The highest BCUT2D eigenvalue weighted by Crippen LogP contribution is 2.39. The van der Waals surface area contributed by atoms with Crippen molar-refractivity contribution in [2.24, 2.45) is 4.99 Å². The summed E-state index contributed by atoms with van der Waals surface area (Å²) in [4.78, 5) is 4.26. The molecule has 0 saturated heterocycles. The smallest absolute Gasteiger partial charge is 0.231 e. The lowest BCUT2D eigenvalue weighted by Gasteiger charge is -2.12. The lowest BCUT2D eigenvalue weighted by molar-refractivity contribution is 0.173. The Morgan fingerprint density at radius 1 is 1.12 bits per heavy atom. The number of benzene rings is 2. The van der Waals surface area contributed by atoms with Crippen LogP contribution in [-0.4, -0.2) is 26.3 Å². The molecule has 0 unspecified atom stereocenters. The van der Waals surface area contributed by atoms with Gasteiger partial charge in [0.25, 0.3) is 0 Å². The summed E-state index contributed by atoms with van der Waals surface area (Å²) in [7, 11) is 1.77. The van der Waals surface area contributed by atoms with Crippen LogP contribution in [0.4, 0.5) is 0 Å². The molecule has 2 aromatic carbocycles. The quantitative estimate of drug-likeness (QED) is 0.361. The predicted octanol–water partition coefficient (Wildman–Crippen LogP) is 3.70. The first kappa shape index (κ1) is 19.8. The minimum absolute atomic E-state index is 0. The molecule has 0 aliphatic carbocycles. The summed E-state index contributed by atoms with van der Waals surface area (Å²) in [5.74, 6) is 2.32. The molecule has 25 heavy (non-hydrogen) atoms. The van der Waals surface area contributed by atoms with Crippen molar-refractivity contribution in [3.8, 4) is 11.5 Å². The Balaban J connectivity index is 0.00000225. The second kappa shape index (κ2) is 9.86. The summed E-state index contributed by atoms with van der Waals surface area (Å²) in [6.45, 7) is 1.75. The van der Waals surface area contributed by atoms with E-state index < -0.39 is 0 Å². The summed E-state index contributed by atoms with van der Waals surface area (Å²) in [6.07, 6.45) is 0.955. The van der Waals surface area contributed by atoms with Crippen molar-refractivity contribution in [3.63, 3.8) is 0 Å². The van der Waals surface area contributed by atoms with Crippen molar-refractivity contribution in [1.82, 2.24) is 10.6 Å². The third-order valence-corrected chi connectivity index (χ3v) is 4.31. The minimum atomic E-state index is 0. The molecule has 0 amide bonds. The number of rotatable bonds is 5. The summed E-state index contributed by atoms with van der Waals surface area (Å²) < 4.78 is 11.7. The van der Waals surface area contributed by atoms with Crippen molar-refractivity contribution in [3.05, 3.63) is 58.1 Å². The fourth-order valence-electron chi connectivity index (χ4n) is 2.50. The highest BCUT2D eigenvalue weighted by molar-refractivity contribution is 14.0. The van der Waals surface area contributed by atoms with Crippen molar-refractivity contribution in [2.45, 2.75) is 13.0 Å². The third kappa shape index (κ3) is 5.50. The van der Waals surface area contributed by atoms with Gasteiger partial charge in [-0.25, -0.2) is 0 Å². The Morgan fingerprint density at radius 3 is 2.68 bits per heavy atom. The first-order valence-electron chi connectivity index (χ1n) is 7.82. The van der Waals surface area contributed by atoms with Crippen molar-refractivity contribution >= 4 is 45.9 Å². The molecule has 7 heteroatoms. The summed E-state index contributed by atoms with van der Waals surface area (Å²) >= 11 is 3.51. The zero-order valence-corrected chi connectivity index (χ0v) is 17.8. The average Bonchev–Trinajstić information content (AvgIpc) is 3.08. The van der Waals surface area contributed by atoms with Gasteiger partial charge < -0.3 is 20.1 Å². The summed E-state index contributed by atoms with van der Waals surface area (Å²) in [5, 5.41) is 6.64. The van der Waals surface area contributed by atoms with Gasteiger partial charge in [0.15, 0.2) is 17.5 Å². The number of ether oxygens (including phenoxy) is 2. The first-order chi connectivity index (χ1) is 11.8. The Kier molecular flexibility index (Phi) is 7.83. The van der Waals surface area contributed by atoms with Gasteiger partial charge in [-0.05, 0) is 45.6 Å². The molecule has 0 bridgehead atoms. The van der Waals surface area contributed by atoms with E-state index in [9.17, 15) is 0 Å². The molecule has 0 fully saturated rings. The van der Waals surface area contributed by atoms with Crippen molar-refractivity contribution in [1.29, 1.82) is 0 Å². The molecule has 2 N–H and O–H groups in total. The molecule has 0 radical (unpaired) electrons. The van der Waals surface area contributed by atoms with Crippen molar-refractivity contribution < 1.29 is 9.47 Å². The maximum atomic E-state index is 5.44. The first-order valence-corrected chi connectivity index (χ1v) is 8.62. The molecular weight excluding hydrogens is 497 g/mol. The topological polar surface area (TPSA) is 54.9 Å². The monoisotopic (exact) mass is 517 g/mol. The number of nitrogens with one attached hydrogen (secondary N) is 2. The average molecular weight is 518 g/mol. The molecule has 2 aromatic rings. The molecular formula is C18H21BrIN3O2. The zero-order chi connectivity index (χ0) is 16.8. The molecule has 1 heterocycles. The number of aliphatic imine (C=N–C) groups is 1. The Morgan fingerprint density at radius 2 is 1.92 bits per heavy atom. The maximum absolute atomic E-state index is 5.44. The van der Waals surface area contributed by atoms with Gasteiger partial charge in [-0.15, -0.1) is 24.0 Å². The molecule has 1 aliphatic heterocycles. The van der Waals surface area contributed by atoms with Crippen LogP contribution in [0.1, 0.15) is 11.1 Å². The van der Waals surface area contributed by atoms with Gasteiger partial charge >= 0.3 is 0 Å². The maximum Gasteiger partial charge on any atom is 0.231 e. The molecule has 0 saturated carbocycles. The Hall–Kier alpha value is -1.48. The highest BCUT2D eigenvalue weighted by atomic mass is 127. The van der Waals surface area contributed by atoms with Crippen LogP contribution in [0.5, 0.6) is 11.5 Å². The molecule has 0 spiro atoms. The third-order valence-electron chi connectivity index (χ3n) is 3.72. The van der Waals surface area contributed by atoms with E-state index in [4.69, 9.17) is 9.47 Å². The van der Waals surface area contributed by atoms with Crippen molar-refractivity contribution in [2.75, 3.05) is 20.4 Å². The van der Waals surface area contributed by atoms with Gasteiger partial charge in [-0.3, -0.25) is 4.99 Å². The normalized spacial score (nSPS) is 12.5. The predicted molar refractivity (Wildman–Crippen MR) is 114 cm³/mol. The molecule has 3 rings (SSSR count). The molecule has 5 nitrogen and oxygen atoms in total. The number of fused-ring (bicyclic) bond motifs is 1. The van der Waals surface area contributed by atoms with Crippen LogP contribution in [0.15, 0.2) is 51.9 Å². The number of nitrogens with zero attached hydrogens (tertiary/aromatic N) is 1. The van der Waals surface area contributed by atoms with E-state index in [1.54, 1.807) is 7.05 Å². The fraction of sp³-hybridized carbons (Fsp3) is 0.278. The van der Waals surface area contributed by atoms with Gasteiger partial charge in [0.05, 0.1) is 4.47 Å². The van der Waals surface area contributed by atoms with Crippen LogP contribution < -0.4 is 20.1 Å². The van der Waals surface area contributed by atoms with E-state index in [1.807, 2.05) is 18.2 Å². The van der Waals surface area contributed by atoms with Gasteiger partial charge in [-0.1, -0.05) is 30.3 Å². The number of guanidine groups is 1. The Bertz CT molecular complexity index is 726. The van der Waals surface area contributed by atoms with E-state index in [-0.39, 0.29) is 30.8 Å². The van der Waals surface area contributed by atoms with E-state index >= 15 is 0 Å². The van der Waals surface area contributed by atoms with Gasteiger partial charge in [0, 0.05) is 20.1 Å². The molecule has 0 atom stereocenters. The Labute approximate surface area is 173 Å². The van der Waals surface area contributed by atoms with E-state index in [0.717, 1.165) is 40.5 Å². The van der Waals surface area contributed by atoms with Gasteiger partial charge in [0.1, 0.15) is 0 Å². The zero-order valence-electron chi connectivity index (χ0n) is 13.9. The molecule has 1 aliphatic rings. The number of hydrogen-bond donors (Lipinski definition) is 2. The second-order valence-corrected chi connectivity index (χ2v) is 6.25. The largest absolute Gasteiger partial charge is 0.454 e. The highest BCUT2D eigenvalue weighted by Gasteiger charge is 2.17.